The quantitative estimate of drug-likeness (QED) is 0.434. The van der Waals surface area contributed by atoms with Crippen molar-refractivity contribution in [1.29, 1.82) is 10.5 Å². The maximum absolute atomic E-state index is 14.1. The van der Waals surface area contributed by atoms with Crippen molar-refractivity contribution >= 4 is 5.97 Å². The Morgan fingerprint density at radius 1 is 0.914 bits per heavy atom. The van der Waals surface area contributed by atoms with E-state index in [1.807, 2.05) is 25.1 Å². The molecule has 1 aliphatic carbocycles. The van der Waals surface area contributed by atoms with Gasteiger partial charge in [-0.2, -0.15) is 10.5 Å². The molecule has 0 saturated heterocycles. The molecular weight excluding hydrogens is 450 g/mol. The van der Waals surface area contributed by atoms with Crippen LogP contribution in [0.4, 0.5) is 8.78 Å². The predicted molar refractivity (Wildman–Crippen MR) is 121 cm³/mol. The largest absolute Gasteiger partial charge is 0.486 e. The fraction of sp³-hybridized carbons (Fsp3) is 0.179. The first-order valence-electron chi connectivity index (χ1n) is 10.8. The van der Waals surface area contributed by atoms with E-state index >= 15 is 0 Å². The summed E-state index contributed by atoms with van der Waals surface area (Å²) in [6.07, 6.45) is 1.82. The van der Waals surface area contributed by atoms with Crippen molar-refractivity contribution in [1.82, 2.24) is 0 Å². The van der Waals surface area contributed by atoms with Gasteiger partial charge in [-0.25, -0.2) is 13.6 Å². The Morgan fingerprint density at radius 2 is 1.43 bits per heavy atom. The molecule has 0 amide bonds. The molecule has 2 aliphatic heterocycles. The van der Waals surface area contributed by atoms with E-state index < -0.39 is 28.6 Å². The third kappa shape index (κ3) is 2.79. The highest BCUT2D eigenvalue weighted by atomic mass is 19.1. The zero-order valence-electron chi connectivity index (χ0n) is 19.1. The molecule has 0 unspecified atom stereocenters. The van der Waals surface area contributed by atoms with Crippen LogP contribution in [0.2, 0.25) is 0 Å². The van der Waals surface area contributed by atoms with Crippen molar-refractivity contribution in [2.24, 2.45) is 0 Å². The third-order valence-electron chi connectivity index (χ3n) is 6.98. The molecule has 2 aromatic carbocycles. The number of hydrogen-bond donors (Lipinski definition) is 0. The van der Waals surface area contributed by atoms with Crippen LogP contribution in [-0.4, -0.2) is 11.6 Å². The Kier molecular flexibility index (Phi) is 4.79. The average molecular weight is 468 g/mol. The van der Waals surface area contributed by atoms with E-state index in [1.165, 1.54) is 24.3 Å². The third-order valence-corrected chi connectivity index (χ3v) is 6.98. The Morgan fingerprint density at radius 3 is 1.91 bits per heavy atom. The van der Waals surface area contributed by atoms with Crippen LogP contribution < -0.4 is 0 Å². The number of rotatable bonds is 2. The Hall–Kier alpha value is -4.49. The Bertz CT molecular complexity index is 1450. The van der Waals surface area contributed by atoms with Crippen LogP contribution in [0.15, 0.2) is 94.0 Å². The monoisotopic (exact) mass is 468 g/mol. The second kappa shape index (κ2) is 7.51. The molecule has 3 aliphatic rings. The minimum Gasteiger partial charge on any atom is -0.486 e. The SMILES string of the molecule is CC1=CC2=C(C)C3=C(C(=C(C#N)C#N)OC3=O)C(c3ccc(F)cc3)(c3ccc(F)cc3)[C@]2(C)O1. The van der Waals surface area contributed by atoms with E-state index in [2.05, 4.69) is 0 Å². The van der Waals surface area contributed by atoms with Crippen molar-refractivity contribution < 1.29 is 23.0 Å². The summed E-state index contributed by atoms with van der Waals surface area (Å²) in [6.45, 7) is 5.36. The molecule has 2 aromatic rings. The molecule has 0 bridgehead atoms. The van der Waals surface area contributed by atoms with Gasteiger partial charge in [-0.05, 0) is 67.8 Å². The van der Waals surface area contributed by atoms with E-state index in [4.69, 9.17) is 9.47 Å². The minimum absolute atomic E-state index is 0.184. The zero-order chi connectivity index (χ0) is 25.1. The summed E-state index contributed by atoms with van der Waals surface area (Å²) >= 11 is 0. The van der Waals surface area contributed by atoms with Crippen LogP contribution in [0.3, 0.4) is 0 Å². The zero-order valence-corrected chi connectivity index (χ0v) is 19.1. The lowest BCUT2D eigenvalue weighted by molar-refractivity contribution is -0.133. The number of nitriles is 2. The number of carbonyl (C=O) groups excluding carboxylic acids is 1. The number of hydrogen-bond acceptors (Lipinski definition) is 5. The Balaban J connectivity index is 2.05. The van der Waals surface area contributed by atoms with Gasteiger partial charge in [0.05, 0.1) is 16.7 Å². The van der Waals surface area contributed by atoms with E-state index in [9.17, 15) is 24.1 Å². The molecule has 5 rings (SSSR count). The number of ether oxygens (including phenoxy) is 2. The second-order valence-electron chi connectivity index (χ2n) is 8.76. The van der Waals surface area contributed by atoms with Crippen LogP contribution in [-0.2, 0) is 19.7 Å². The minimum atomic E-state index is -1.41. The molecule has 7 heteroatoms. The number of cyclic esters (lactones) is 1. The van der Waals surface area contributed by atoms with E-state index in [1.54, 1.807) is 38.1 Å². The lowest BCUT2D eigenvalue weighted by Crippen LogP contribution is -2.55. The van der Waals surface area contributed by atoms with Gasteiger partial charge in [0.2, 0.25) is 0 Å². The summed E-state index contributed by atoms with van der Waals surface area (Å²) in [5, 5.41) is 19.4. The molecule has 0 saturated carbocycles. The van der Waals surface area contributed by atoms with Crippen molar-refractivity contribution in [2.45, 2.75) is 31.8 Å². The molecule has 0 spiro atoms. The maximum atomic E-state index is 14.1. The number of fused-ring (bicyclic) bond motifs is 1. The number of allylic oxidation sites excluding steroid dienone is 3. The van der Waals surface area contributed by atoms with Gasteiger partial charge < -0.3 is 9.47 Å². The number of nitrogens with zero attached hydrogens (tertiary/aromatic N) is 2. The molecule has 0 N–H and O–H groups in total. The van der Waals surface area contributed by atoms with Gasteiger partial charge >= 0.3 is 5.97 Å². The molecule has 0 aromatic heterocycles. The van der Waals surface area contributed by atoms with Gasteiger partial charge in [0.25, 0.3) is 0 Å². The van der Waals surface area contributed by atoms with Gasteiger partial charge in [-0.15, -0.1) is 0 Å². The normalized spacial score (nSPS) is 22.0. The number of carbonyl (C=O) groups is 1. The molecule has 35 heavy (non-hydrogen) atoms. The van der Waals surface area contributed by atoms with Gasteiger partial charge in [0, 0.05) is 11.1 Å². The topological polar surface area (TPSA) is 83.1 Å². The fourth-order valence-electron chi connectivity index (χ4n) is 5.68. The summed E-state index contributed by atoms with van der Waals surface area (Å²) in [5.41, 5.74) is -0.272. The van der Waals surface area contributed by atoms with E-state index in [0.717, 1.165) is 0 Å². The summed E-state index contributed by atoms with van der Waals surface area (Å²) < 4.78 is 40.2. The molecule has 172 valence electrons. The second-order valence-corrected chi connectivity index (χ2v) is 8.76. The summed E-state index contributed by atoms with van der Waals surface area (Å²) in [5.74, 6) is -1.27. The van der Waals surface area contributed by atoms with E-state index in [0.29, 0.717) is 28.0 Å². The molecule has 5 nitrogen and oxygen atoms in total. The predicted octanol–water partition coefficient (Wildman–Crippen LogP) is 5.43. The highest BCUT2D eigenvalue weighted by molar-refractivity contribution is 6.02. The molecular formula is C28H18F2N2O3. The molecule has 2 heterocycles. The first-order valence-corrected chi connectivity index (χ1v) is 10.8. The van der Waals surface area contributed by atoms with Crippen molar-refractivity contribution in [2.75, 3.05) is 0 Å². The van der Waals surface area contributed by atoms with E-state index in [-0.39, 0.29) is 22.5 Å². The standard InChI is InChI=1S/C28H18F2N2O3/c1-15-12-22-16(2)23-24(25(34-26(23)33)17(13-31)14-32)28(27(22,3)35-15,18-4-8-20(29)9-5-18)19-6-10-21(30)11-7-19/h4-12H,1-3H3/t27-/m1/s1. The molecule has 0 fully saturated rings. The van der Waals surface area contributed by atoms with Gasteiger partial charge in [0.1, 0.15) is 29.4 Å². The van der Waals surface area contributed by atoms with Crippen LogP contribution >= 0.6 is 0 Å². The summed E-state index contributed by atoms with van der Waals surface area (Å²) in [4.78, 5) is 13.2. The van der Waals surface area contributed by atoms with Crippen molar-refractivity contribution in [3.05, 3.63) is 117 Å². The number of halogens is 2. The first kappa shape index (κ1) is 22.3. The fourth-order valence-corrected chi connectivity index (χ4v) is 5.68. The Labute approximate surface area is 200 Å². The maximum Gasteiger partial charge on any atom is 0.344 e. The van der Waals surface area contributed by atoms with Crippen LogP contribution in [0.5, 0.6) is 0 Å². The van der Waals surface area contributed by atoms with Crippen LogP contribution in [0, 0.1) is 34.3 Å². The lowest BCUT2D eigenvalue weighted by Gasteiger charge is -2.51. The van der Waals surface area contributed by atoms with Gasteiger partial charge in [-0.1, -0.05) is 24.3 Å². The number of esters is 1. The molecule has 1 atom stereocenters. The first-order chi connectivity index (χ1) is 16.7. The smallest absolute Gasteiger partial charge is 0.344 e. The highest BCUT2D eigenvalue weighted by Gasteiger charge is 2.65. The van der Waals surface area contributed by atoms with Crippen molar-refractivity contribution in [3.63, 3.8) is 0 Å². The summed E-state index contributed by atoms with van der Waals surface area (Å²) in [7, 11) is 0. The van der Waals surface area contributed by atoms with Crippen LogP contribution in [0.25, 0.3) is 0 Å². The van der Waals surface area contributed by atoms with Gasteiger partial charge in [-0.3, -0.25) is 0 Å². The number of benzene rings is 2. The average Bonchev–Trinajstić information content (AvgIpc) is 3.34. The highest BCUT2D eigenvalue weighted by Crippen LogP contribution is 2.63. The lowest BCUT2D eigenvalue weighted by atomic mass is 9.53. The summed E-state index contributed by atoms with van der Waals surface area (Å²) in [6, 6.07) is 15.0. The molecule has 0 radical (unpaired) electrons. The van der Waals surface area contributed by atoms with Crippen molar-refractivity contribution in [3.8, 4) is 12.1 Å². The van der Waals surface area contributed by atoms with Gasteiger partial charge in [0.15, 0.2) is 11.3 Å². The van der Waals surface area contributed by atoms with Crippen LogP contribution in [0.1, 0.15) is 31.9 Å².